The third-order valence-electron chi connectivity index (χ3n) is 7.13. The monoisotopic (exact) mass is 618 g/mol. The number of tetrazole rings is 1. The summed E-state index contributed by atoms with van der Waals surface area (Å²) in [7, 11) is 0. The summed E-state index contributed by atoms with van der Waals surface area (Å²) in [4.78, 5) is 23.2. The zero-order chi connectivity index (χ0) is 30.7. The third kappa shape index (κ3) is 8.49. The second kappa shape index (κ2) is 15.5. The molecule has 3 atom stereocenters. The van der Waals surface area contributed by atoms with E-state index in [-0.39, 0.29) is 37.6 Å². The summed E-state index contributed by atoms with van der Waals surface area (Å²) in [6.45, 7) is 0.313. The minimum Gasteiger partial charge on any atom is -0.392 e. The molecule has 2 amide bonds. The van der Waals surface area contributed by atoms with Crippen LogP contribution in [0.2, 0.25) is 0 Å². The van der Waals surface area contributed by atoms with Crippen molar-refractivity contribution in [2.24, 2.45) is 0 Å². The van der Waals surface area contributed by atoms with E-state index in [1.165, 1.54) is 11.8 Å². The van der Waals surface area contributed by atoms with E-state index in [1.807, 2.05) is 78.9 Å². The van der Waals surface area contributed by atoms with Gasteiger partial charge in [0, 0.05) is 37.1 Å². The fourth-order valence-corrected chi connectivity index (χ4v) is 5.65. The number of aliphatic hydroxyl groups is 1. The first-order valence-corrected chi connectivity index (χ1v) is 15.3. The number of ether oxygens (including phenoxy) is 2. The number of carbonyl (C=O) groups excluding carboxylic acids is 2. The molecule has 2 heterocycles. The summed E-state index contributed by atoms with van der Waals surface area (Å²) in [6, 6.07) is 25.1. The first-order chi connectivity index (χ1) is 21.5. The maximum absolute atomic E-state index is 12.1. The summed E-state index contributed by atoms with van der Waals surface area (Å²) in [6.07, 6.45) is 0.210. The molecule has 44 heavy (non-hydrogen) atoms. The van der Waals surface area contributed by atoms with Crippen molar-refractivity contribution in [1.82, 2.24) is 31.0 Å². The van der Waals surface area contributed by atoms with Gasteiger partial charge in [-0.25, -0.2) is 5.48 Å². The first kappa shape index (κ1) is 31.3. The molecule has 0 unspecified atom stereocenters. The lowest BCUT2D eigenvalue weighted by Gasteiger charge is -2.36. The number of para-hydroxylation sites is 1. The second-order valence-electron chi connectivity index (χ2n) is 10.3. The molecule has 1 aliphatic heterocycles. The number of hydroxylamine groups is 1. The van der Waals surface area contributed by atoms with Crippen LogP contribution in [0.5, 0.6) is 0 Å². The van der Waals surface area contributed by atoms with Gasteiger partial charge in [-0.3, -0.25) is 14.8 Å². The van der Waals surface area contributed by atoms with Gasteiger partial charge in [0.15, 0.2) is 6.29 Å². The van der Waals surface area contributed by atoms with E-state index >= 15 is 0 Å². The standard InChI is InChI=1S/C31H34N6O6S/c38-19-22-11-13-23(14-12-22)27-17-26(20-44-31-33-35-36-37(31)25-5-2-1-3-6-25)42-30(43-27)24-15-9-21(10-16-24)18-32-28(39)7-4-8-29(40)34-41/h1-3,5-6,9-16,26-27,30,38,41H,4,7-8,17-20H2,(H,32,39)(H,34,40)/t26-,27+,30+/m0/s1. The van der Waals surface area contributed by atoms with E-state index in [2.05, 4.69) is 20.8 Å². The Hall–Kier alpha value is -4.14. The third-order valence-corrected chi connectivity index (χ3v) is 8.18. The van der Waals surface area contributed by atoms with Crippen LogP contribution in [0.25, 0.3) is 5.69 Å². The zero-order valence-electron chi connectivity index (χ0n) is 23.9. The van der Waals surface area contributed by atoms with Crippen molar-refractivity contribution in [1.29, 1.82) is 0 Å². The van der Waals surface area contributed by atoms with Gasteiger partial charge >= 0.3 is 0 Å². The number of thioether (sulfide) groups is 1. The fraction of sp³-hybridized carbons (Fsp3) is 0.323. The Morgan fingerprint density at radius 1 is 0.909 bits per heavy atom. The Balaban J connectivity index is 1.24. The average molecular weight is 619 g/mol. The molecule has 12 nitrogen and oxygen atoms in total. The van der Waals surface area contributed by atoms with Crippen molar-refractivity contribution in [2.75, 3.05) is 5.75 Å². The van der Waals surface area contributed by atoms with Crippen molar-refractivity contribution in [3.63, 3.8) is 0 Å². The van der Waals surface area contributed by atoms with Crippen LogP contribution in [0.4, 0.5) is 0 Å². The van der Waals surface area contributed by atoms with Gasteiger partial charge in [0.25, 0.3) is 0 Å². The molecule has 0 bridgehead atoms. The van der Waals surface area contributed by atoms with Gasteiger partial charge in [-0.1, -0.05) is 78.5 Å². The van der Waals surface area contributed by atoms with E-state index in [1.54, 1.807) is 10.2 Å². The number of hydrogen-bond donors (Lipinski definition) is 4. The van der Waals surface area contributed by atoms with Gasteiger partial charge in [0.2, 0.25) is 17.0 Å². The maximum atomic E-state index is 12.1. The van der Waals surface area contributed by atoms with Crippen LogP contribution >= 0.6 is 11.8 Å². The van der Waals surface area contributed by atoms with Gasteiger partial charge in [0.1, 0.15) is 0 Å². The highest BCUT2D eigenvalue weighted by molar-refractivity contribution is 7.99. The molecule has 0 spiro atoms. The smallest absolute Gasteiger partial charge is 0.243 e. The molecule has 4 aromatic rings. The van der Waals surface area contributed by atoms with Crippen molar-refractivity contribution in [2.45, 2.75) is 62.5 Å². The van der Waals surface area contributed by atoms with Crippen LogP contribution in [-0.2, 0) is 32.2 Å². The summed E-state index contributed by atoms with van der Waals surface area (Å²) < 4.78 is 14.6. The largest absolute Gasteiger partial charge is 0.392 e. The molecule has 5 rings (SSSR count). The summed E-state index contributed by atoms with van der Waals surface area (Å²) >= 11 is 1.51. The highest BCUT2D eigenvalue weighted by atomic mass is 32.2. The lowest BCUT2D eigenvalue weighted by atomic mass is 10.0. The Bertz CT molecular complexity index is 1500. The maximum Gasteiger partial charge on any atom is 0.243 e. The number of hydrogen-bond acceptors (Lipinski definition) is 10. The molecule has 0 radical (unpaired) electrons. The number of benzene rings is 3. The number of nitrogens with zero attached hydrogens (tertiary/aromatic N) is 4. The number of aliphatic hydroxyl groups excluding tert-OH is 1. The van der Waals surface area contributed by atoms with E-state index in [0.29, 0.717) is 30.3 Å². The minimum atomic E-state index is -0.622. The molecule has 0 saturated carbocycles. The molecular weight excluding hydrogens is 584 g/mol. The van der Waals surface area contributed by atoms with Gasteiger partial charge in [-0.2, -0.15) is 4.68 Å². The molecular formula is C31H34N6O6S. The van der Waals surface area contributed by atoms with Gasteiger partial charge < -0.3 is 19.9 Å². The van der Waals surface area contributed by atoms with Crippen LogP contribution in [0.3, 0.4) is 0 Å². The normalized spacial score (nSPS) is 18.1. The molecule has 1 aromatic heterocycles. The van der Waals surface area contributed by atoms with Crippen molar-refractivity contribution in [3.05, 3.63) is 101 Å². The molecule has 4 N–H and O–H groups in total. The summed E-state index contributed by atoms with van der Waals surface area (Å²) in [5, 5.41) is 33.8. The lowest BCUT2D eigenvalue weighted by Crippen LogP contribution is -2.31. The number of amides is 2. The molecule has 3 aromatic carbocycles. The Labute approximate surface area is 258 Å². The number of rotatable bonds is 13. The van der Waals surface area contributed by atoms with Crippen LogP contribution in [-0.4, -0.2) is 54.2 Å². The van der Waals surface area contributed by atoms with Crippen LogP contribution in [0, 0.1) is 0 Å². The molecule has 230 valence electrons. The van der Waals surface area contributed by atoms with E-state index in [4.69, 9.17) is 14.7 Å². The van der Waals surface area contributed by atoms with Crippen LogP contribution < -0.4 is 10.8 Å². The molecule has 1 aliphatic rings. The predicted molar refractivity (Wildman–Crippen MR) is 160 cm³/mol. The summed E-state index contributed by atoms with van der Waals surface area (Å²) in [5.41, 5.74) is 6.01. The zero-order valence-corrected chi connectivity index (χ0v) is 24.7. The van der Waals surface area contributed by atoms with Gasteiger partial charge in [-0.15, -0.1) is 5.10 Å². The molecule has 13 heteroatoms. The lowest BCUT2D eigenvalue weighted by molar-refractivity contribution is -0.245. The van der Waals surface area contributed by atoms with Crippen molar-refractivity contribution < 1.29 is 29.4 Å². The highest BCUT2D eigenvalue weighted by Crippen LogP contribution is 2.39. The number of carbonyl (C=O) groups is 2. The van der Waals surface area contributed by atoms with Crippen molar-refractivity contribution >= 4 is 23.6 Å². The first-order valence-electron chi connectivity index (χ1n) is 14.3. The van der Waals surface area contributed by atoms with E-state index in [0.717, 1.165) is 27.9 Å². The van der Waals surface area contributed by atoms with Crippen molar-refractivity contribution in [3.8, 4) is 5.69 Å². The second-order valence-corrected chi connectivity index (χ2v) is 11.3. The minimum absolute atomic E-state index is 0.0272. The van der Waals surface area contributed by atoms with E-state index < -0.39 is 12.2 Å². The molecule has 1 fully saturated rings. The van der Waals surface area contributed by atoms with E-state index in [9.17, 15) is 14.7 Å². The number of nitrogens with one attached hydrogen (secondary N) is 2. The molecule has 0 aliphatic carbocycles. The van der Waals surface area contributed by atoms with Gasteiger partial charge in [0.05, 0.1) is 24.5 Å². The average Bonchev–Trinajstić information content (AvgIpc) is 3.55. The SMILES string of the molecule is O=C(CCCC(=O)NCc1ccc([C@@H]2O[C@H](CSc3nnnn3-c3ccccc3)C[C@H](c3ccc(CO)cc3)O2)cc1)NO. The van der Waals surface area contributed by atoms with Gasteiger partial charge in [-0.05, 0) is 45.7 Å². The topological polar surface area (TPSA) is 161 Å². The predicted octanol–water partition coefficient (Wildman–Crippen LogP) is 3.78. The summed E-state index contributed by atoms with van der Waals surface area (Å²) in [5.74, 6) is -0.0896. The highest BCUT2D eigenvalue weighted by Gasteiger charge is 2.32. The Kier molecular flexibility index (Phi) is 11.1. The van der Waals surface area contributed by atoms with Crippen LogP contribution in [0.15, 0.2) is 84.0 Å². The Morgan fingerprint density at radius 2 is 1.61 bits per heavy atom. The van der Waals surface area contributed by atoms with Crippen LogP contribution in [0.1, 0.15) is 60.3 Å². The quantitative estimate of drug-likeness (QED) is 0.0986. The Morgan fingerprint density at radius 3 is 2.34 bits per heavy atom. The molecule has 1 saturated heterocycles. The fourth-order valence-electron chi connectivity index (χ4n) is 4.74. The number of aromatic nitrogens is 4.